The van der Waals surface area contributed by atoms with E-state index in [9.17, 15) is 4.79 Å². The summed E-state index contributed by atoms with van der Waals surface area (Å²) in [5.74, 6) is -1.20. The number of hydrogen-bond donors (Lipinski definition) is 1. The summed E-state index contributed by atoms with van der Waals surface area (Å²) in [6.45, 7) is 8.35. The van der Waals surface area contributed by atoms with Gasteiger partial charge in [-0.25, -0.2) is 0 Å². The van der Waals surface area contributed by atoms with Crippen molar-refractivity contribution >= 4 is 5.97 Å². The molecule has 17 heavy (non-hydrogen) atoms. The van der Waals surface area contributed by atoms with E-state index in [0.717, 1.165) is 12.0 Å². The molecule has 0 amide bonds. The van der Waals surface area contributed by atoms with Crippen LogP contribution >= 0.6 is 0 Å². The molecule has 0 fully saturated rings. The first-order valence-electron chi connectivity index (χ1n) is 5.85. The highest BCUT2D eigenvalue weighted by Crippen LogP contribution is 2.30. The quantitative estimate of drug-likeness (QED) is 0.405. The third kappa shape index (κ3) is 5.84. The van der Waals surface area contributed by atoms with Crippen LogP contribution in [-0.2, 0) is 14.3 Å². The molecule has 0 aromatic rings. The van der Waals surface area contributed by atoms with Crippen molar-refractivity contribution in [3.8, 4) is 0 Å². The lowest BCUT2D eigenvalue weighted by molar-refractivity contribution is -0.143. The summed E-state index contributed by atoms with van der Waals surface area (Å²) in [5, 5.41) is 9.04. The zero-order chi connectivity index (χ0) is 13.5. The summed E-state index contributed by atoms with van der Waals surface area (Å²) in [6.07, 6.45) is 2.85. The zero-order valence-corrected chi connectivity index (χ0v) is 11.4. The summed E-state index contributed by atoms with van der Waals surface area (Å²) >= 11 is 0. The maximum Gasteiger partial charge on any atom is 0.307 e. The molecule has 0 saturated heterocycles. The fraction of sp³-hybridized carbons (Fsp3) is 0.769. The molecule has 0 heterocycles. The van der Waals surface area contributed by atoms with E-state index in [1.165, 1.54) is 0 Å². The van der Waals surface area contributed by atoms with Gasteiger partial charge in [-0.05, 0) is 17.4 Å². The molecule has 0 aliphatic rings. The van der Waals surface area contributed by atoms with E-state index >= 15 is 0 Å². The summed E-state index contributed by atoms with van der Waals surface area (Å²) < 4.78 is 10.1. The van der Waals surface area contributed by atoms with Gasteiger partial charge in [0.15, 0.2) is 0 Å². The van der Waals surface area contributed by atoms with E-state index in [2.05, 4.69) is 0 Å². The number of hydrogen-bond acceptors (Lipinski definition) is 3. The Morgan fingerprint density at radius 3 is 2.47 bits per heavy atom. The van der Waals surface area contributed by atoms with Gasteiger partial charge in [0, 0.05) is 7.11 Å². The van der Waals surface area contributed by atoms with Crippen LogP contribution in [0.5, 0.6) is 0 Å². The topological polar surface area (TPSA) is 55.8 Å². The van der Waals surface area contributed by atoms with E-state index < -0.39 is 11.9 Å². The molecular weight excluding hydrogens is 220 g/mol. The molecule has 0 aromatic carbocycles. The Labute approximate surface area is 104 Å². The van der Waals surface area contributed by atoms with Gasteiger partial charge in [0.1, 0.15) is 6.79 Å². The lowest BCUT2D eigenvalue weighted by atomic mass is 9.78. The van der Waals surface area contributed by atoms with Crippen LogP contribution in [0.3, 0.4) is 0 Å². The Morgan fingerprint density at radius 1 is 1.47 bits per heavy atom. The van der Waals surface area contributed by atoms with Gasteiger partial charge in [-0.15, -0.1) is 0 Å². The Kier molecular flexibility index (Phi) is 7.07. The summed E-state index contributed by atoms with van der Waals surface area (Å²) in [6, 6.07) is 0. The third-order valence-corrected chi connectivity index (χ3v) is 3.01. The normalized spacial score (nSPS) is 14.8. The van der Waals surface area contributed by atoms with E-state index in [-0.39, 0.29) is 12.2 Å². The Morgan fingerprint density at radius 2 is 2.06 bits per heavy atom. The van der Waals surface area contributed by atoms with Crippen LogP contribution in [0.15, 0.2) is 11.6 Å². The van der Waals surface area contributed by atoms with Crippen molar-refractivity contribution in [2.24, 2.45) is 11.3 Å². The van der Waals surface area contributed by atoms with Gasteiger partial charge >= 0.3 is 5.97 Å². The van der Waals surface area contributed by atoms with E-state index in [4.69, 9.17) is 14.6 Å². The molecule has 0 aromatic heterocycles. The molecule has 0 bridgehead atoms. The maximum atomic E-state index is 11.0. The van der Waals surface area contributed by atoms with Crippen molar-refractivity contribution in [3.63, 3.8) is 0 Å². The van der Waals surface area contributed by atoms with Crippen molar-refractivity contribution in [3.05, 3.63) is 11.6 Å². The molecule has 0 spiro atoms. The predicted octanol–water partition coefficient (Wildman–Crippen LogP) is 2.69. The minimum absolute atomic E-state index is 0.256. The largest absolute Gasteiger partial charge is 0.481 e. The number of aliphatic carboxylic acids is 1. The van der Waals surface area contributed by atoms with Crippen LogP contribution in [0, 0.1) is 11.3 Å². The summed E-state index contributed by atoms with van der Waals surface area (Å²) in [4.78, 5) is 11.0. The number of ether oxygens (including phenoxy) is 2. The minimum Gasteiger partial charge on any atom is -0.481 e. The highest BCUT2D eigenvalue weighted by molar-refractivity contribution is 5.70. The number of allylic oxidation sites excluding steroid dienone is 1. The number of carboxylic acid groups (broad SMARTS) is 1. The smallest absolute Gasteiger partial charge is 0.307 e. The molecular formula is C13H24O4. The molecule has 0 saturated carbocycles. The number of carboxylic acids is 1. The second kappa shape index (κ2) is 7.45. The highest BCUT2D eigenvalue weighted by atomic mass is 16.7. The number of carbonyl (C=O) groups is 1. The van der Waals surface area contributed by atoms with E-state index in [0.29, 0.717) is 6.61 Å². The minimum atomic E-state index is -0.778. The van der Waals surface area contributed by atoms with Crippen molar-refractivity contribution in [2.45, 2.75) is 34.1 Å². The standard InChI is InChI=1S/C13H24O4/c1-6-11(8-17-9-16-5)7-13(3,4)10(2)12(14)15/h7,10H,6,8-9H2,1-5H3,(H,14,15)/b11-7+. The first-order chi connectivity index (χ1) is 7.85. The first kappa shape index (κ1) is 16.1. The fourth-order valence-corrected chi connectivity index (χ4v) is 1.47. The SMILES string of the molecule is CC/C(=C\C(C)(C)C(C)C(=O)O)COCOC. The van der Waals surface area contributed by atoms with Crippen LogP contribution in [0.4, 0.5) is 0 Å². The second-order valence-corrected chi connectivity index (χ2v) is 4.79. The van der Waals surface area contributed by atoms with Gasteiger partial charge in [0.2, 0.25) is 0 Å². The molecule has 0 rings (SSSR count). The number of rotatable bonds is 8. The van der Waals surface area contributed by atoms with Crippen LogP contribution in [0.2, 0.25) is 0 Å². The van der Waals surface area contributed by atoms with Gasteiger partial charge in [-0.3, -0.25) is 4.79 Å². The first-order valence-corrected chi connectivity index (χ1v) is 5.85. The van der Waals surface area contributed by atoms with Gasteiger partial charge in [-0.2, -0.15) is 0 Å². The molecule has 0 aliphatic heterocycles. The third-order valence-electron chi connectivity index (χ3n) is 3.01. The van der Waals surface area contributed by atoms with Crippen LogP contribution in [0.1, 0.15) is 34.1 Å². The average molecular weight is 244 g/mol. The lowest BCUT2D eigenvalue weighted by Gasteiger charge is -2.26. The van der Waals surface area contributed by atoms with E-state index in [1.807, 2.05) is 26.8 Å². The highest BCUT2D eigenvalue weighted by Gasteiger charge is 2.29. The predicted molar refractivity (Wildman–Crippen MR) is 66.8 cm³/mol. The molecule has 4 nitrogen and oxygen atoms in total. The van der Waals surface area contributed by atoms with Gasteiger partial charge < -0.3 is 14.6 Å². The molecule has 1 unspecified atom stereocenters. The maximum absolute atomic E-state index is 11.0. The van der Waals surface area contributed by atoms with Crippen molar-refractivity contribution in [1.29, 1.82) is 0 Å². The average Bonchev–Trinajstić information content (AvgIpc) is 2.26. The van der Waals surface area contributed by atoms with Crippen LogP contribution < -0.4 is 0 Å². The molecule has 0 aliphatic carbocycles. The van der Waals surface area contributed by atoms with Crippen molar-refractivity contribution in [2.75, 3.05) is 20.5 Å². The van der Waals surface area contributed by atoms with Crippen LogP contribution in [-0.4, -0.2) is 31.6 Å². The molecule has 1 N–H and O–H groups in total. The molecule has 4 heteroatoms. The Hall–Kier alpha value is -0.870. The zero-order valence-electron chi connectivity index (χ0n) is 11.4. The number of methoxy groups -OCH3 is 1. The molecule has 1 atom stereocenters. The summed E-state index contributed by atoms with van der Waals surface area (Å²) in [5.41, 5.74) is 0.716. The van der Waals surface area contributed by atoms with Gasteiger partial charge in [0.25, 0.3) is 0 Å². The Bertz CT molecular complexity index is 269. The fourth-order valence-electron chi connectivity index (χ4n) is 1.47. The van der Waals surface area contributed by atoms with Crippen molar-refractivity contribution in [1.82, 2.24) is 0 Å². The molecule has 100 valence electrons. The molecule has 0 radical (unpaired) electrons. The van der Waals surface area contributed by atoms with Gasteiger partial charge in [0.05, 0.1) is 12.5 Å². The summed E-state index contributed by atoms with van der Waals surface area (Å²) in [7, 11) is 1.58. The second-order valence-electron chi connectivity index (χ2n) is 4.79. The van der Waals surface area contributed by atoms with Gasteiger partial charge in [-0.1, -0.05) is 33.8 Å². The van der Waals surface area contributed by atoms with E-state index in [1.54, 1.807) is 14.0 Å². The monoisotopic (exact) mass is 244 g/mol. The van der Waals surface area contributed by atoms with Crippen LogP contribution in [0.25, 0.3) is 0 Å². The Balaban J connectivity index is 4.62. The van der Waals surface area contributed by atoms with Crippen molar-refractivity contribution < 1.29 is 19.4 Å². The lowest BCUT2D eigenvalue weighted by Crippen LogP contribution is -2.27.